The average molecular weight is 488 g/mol. The summed E-state index contributed by atoms with van der Waals surface area (Å²) in [7, 11) is 0. The summed E-state index contributed by atoms with van der Waals surface area (Å²) in [6.07, 6.45) is 3.34. The molecule has 0 saturated carbocycles. The van der Waals surface area contributed by atoms with Crippen LogP contribution in [0, 0.1) is 6.92 Å². The van der Waals surface area contributed by atoms with Crippen molar-refractivity contribution in [3.8, 4) is 11.5 Å². The molecule has 0 spiro atoms. The Morgan fingerprint density at radius 3 is 1.72 bits per heavy atom. The summed E-state index contributed by atoms with van der Waals surface area (Å²) in [5.41, 5.74) is 3.32. The van der Waals surface area contributed by atoms with Gasteiger partial charge in [0.15, 0.2) is 5.75 Å². The Bertz CT molecular complexity index is 1010. The summed E-state index contributed by atoms with van der Waals surface area (Å²) in [5, 5.41) is 1.41. The van der Waals surface area contributed by atoms with E-state index in [0.29, 0.717) is 39.8 Å². The predicted octanol–water partition coefficient (Wildman–Crippen LogP) is 8.44. The molecule has 3 aromatic carbocycles. The SMILES string of the molecule is C=CCOc1c(C)cc(C(C)(c2ccccc2)c2cc(Cl)c(OCC=C)c(Cl)c2)cc1Cl. The minimum Gasteiger partial charge on any atom is -0.488 e. The summed E-state index contributed by atoms with van der Waals surface area (Å²) in [4.78, 5) is 0. The average Bonchev–Trinajstić information content (AvgIpc) is 2.78. The van der Waals surface area contributed by atoms with Crippen LogP contribution < -0.4 is 9.47 Å². The van der Waals surface area contributed by atoms with Gasteiger partial charge in [-0.25, -0.2) is 0 Å². The smallest absolute Gasteiger partial charge is 0.156 e. The molecule has 0 fully saturated rings. The summed E-state index contributed by atoms with van der Waals surface area (Å²) in [6, 6.07) is 18.0. The predicted molar refractivity (Wildman–Crippen MR) is 136 cm³/mol. The third-order valence-electron chi connectivity index (χ3n) is 5.42. The first-order valence-corrected chi connectivity index (χ1v) is 11.3. The highest BCUT2D eigenvalue weighted by atomic mass is 35.5. The molecule has 3 aromatic rings. The van der Waals surface area contributed by atoms with Crippen LogP contribution in [0.3, 0.4) is 0 Å². The normalized spacial score (nSPS) is 12.7. The van der Waals surface area contributed by atoms with Crippen LogP contribution in [0.2, 0.25) is 15.1 Å². The number of benzene rings is 3. The van der Waals surface area contributed by atoms with E-state index in [1.54, 1.807) is 12.2 Å². The summed E-state index contributed by atoms with van der Waals surface area (Å²) in [5.74, 6) is 1.09. The largest absolute Gasteiger partial charge is 0.488 e. The molecule has 0 amide bonds. The van der Waals surface area contributed by atoms with Crippen molar-refractivity contribution in [2.24, 2.45) is 0 Å². The minimum absolute atomic E-state index is 0.315. The standard InChI is InChI=1S/C27H25Cl3O2/c1-5-12-31-25-18(3)14-20(15-22(25)28)27(4,19-10-8-7-9-11-19)21-16-23(29)26(24(30)17-21)32-13-6-2/h5-11,14-17H,1-2,12-13H2,3-4H3. The fraction of sp³-hybridized carbons (Fsp3) is 0.185. The molecule has 0 aliphatic rings. The fourth-order valence-electron chi connectivity index (χ4n) is 3.74. The molecule has 1 atom stereocenters. The molecule has 0 aliphatic carbocycles. The van der Waals surface area contributed by atoms with Gasteiger partial charge in [0, 0.05) is 5.41 Å². The first kappa shape index (κ1) is 24.3. The van der Waals surface area contributed by atoms with Gasteiger partial charge in [-0.15, -0.1) is 0 Å². The molecular weight excluding hydrogens is 463 g/mol. The van der Waals surface area contributed by atoms with Crippen molar-refractivity contribution < 1.29 is 9.47 Å². The highest BCUT2D eigenvalue weighted by Crippen LogP contribution is 2.46. The van der Waals surface area contributed by atoms with Crippen LogP contribution in [-0.2, 0) is 5.41 Å². The van der Waals surface area contributed by atoms with Crippen molar-refractivity contribution in [3.05, 3.63) is 117 Å². The Balaban J connectivity index is 2.22. The number of rotatable bonds is 9. The molecular formula is C27H25Cl3O2. The second kappa shape index (κ2) is 10.5. The number of ether oxygens (including phenoxy) is 2. The molecule has 0 aromatic heterocycles. The number of hydrogen-bond donors (Lipinski definition) is 0. The molecule has 2 nitrogen and oxygen atoms in total. The first-order valence-electron chi connectivity index (χ1n) is 10.2. The van der Waals surface area contributed by atoms with Crippen molar-refractivity contribution in [2.75, 3.05) is 13.2 Å². The van der Waals surface area contributed by atoms with Gasteiger partial charge in [-0.05, 0) is 54.3 Å². The van der Waals surface area contributed by atoms with Gasteiger partial charge in [-0.2, -0.15) is 0 Å². The lowest BCUT2D eigenvalue weighted by molar-refractivity contribution is 0.360. The number of hydrogen-bond acceptors (Lipinski definition) is 2. The highest BCUT2D eigenvalue weighted by Gasteiger charge is 2.33. The minimum atomic E-state index is -0.586. The van der Waals surface area contributed by atoms with Gasteiger partial charge in [0.05, 0.1) is 15.1 Å². The molecule has 0 saturated heterocycles. The van der Waals surface area contributed by atoms with Gasteiger partial charge < -0.3 is 9.47 Å². The molecule has 0 radical (unpaired) electrons. The summed E-state index contributed by atoms with van der Waals surface area (Å²) < 4.78 is 11.4. The maximum atomic E-state index is 6.66. The van der Waals surface area contributed by atoms with Crippen LogP contribution in [0.1, 0.15) is 29.2 Å². The zero-order valence-electron chi connectivity index (χ0n) is 18.1. The second-order valence-electron chi connectivity index (χ2n) is 7.56. The zero-order valence-corrected chi connectivity index (χ0v) is 20.4. The van der Waals surface area contributed by atoms with E-state index in [0.717, 1.165) is 22.3 Å². The zero-order chi connectivity index (χ0) is 23.3. The Morgan fingerprint density at radius 2 is 1.22 bits per heavy atom. The van der Waals surface area contributed by atoms with E-state index in [-0.39, 0.29) is 0 Å². The third kappa shape index (κ3) is 4.83. The Labute approximate surface area is 205 Å². The van der Waals surface area contributed by atoms with E-state index in [4.69, 9.17) is 44.3 Å². The van der Waals surface area contributed by atoms with E-state index < -0.39 is 5.41 Å². The molecule has 0 bridgehead atoms. The van der Waals surface area contributed by atoms with Gasteiger partial charge in [-0.3, -0.25) is 0 Å². The highest BCUT2D eigenvalue weighted by molar-refractivity contribution is 6.37. The number of halogens is 3. The van der Waals surface area contributed by atoms with E-state index in [9.17, 15) is 0 Å². The lowest BCUT2D eigenvalue weighted by Crippen LogP contribution is -2.26. The molecule has 0 aliphatic heterocycles. The number of aryl methyl sites for hydroxylation is 1. The molecule has 32 heavy (non-hydrogen) atoms. The van der Waals surface area contributed by atoms with Gasteiger partial charge in [-0.1, -0.05) is 96.5 Å². The van der Waals surface area contributed by atoms with E-state index in [1.165, 1.54) is 0 Å². The maximum Gasteiger partial charge on any atom is 0.156 e. The molecule has 0 N–H and O–H groups in total. The second-order valence-corrected chi connectivity index (χ2v) is 8.79. The van der Waals surface area contributed by atoms with Crippen molar-refractivity contribution in [3.63, 3.8) is 0 Å². The van der Waals surface area contributed by atoms with E-state index in [1.807, 2.05) is 43.3 Å². The third-order valence-corrected chi connectivity index (χ3v) is 6.27. The van der Waals surface area contributed by atoms with Crippen LogP contribution in [0.4, 0.5) is 0 Å². The van der Waals surface area contributed by atoms with Crippen molar-refractivity contribution in [2.45, 2.75) is 19.3 Å². The Kier molecular flexibility index (Phi) is 7.95. The summed E-state index contributed by atoms with van der Waals surface area (Å²) >= 11 is 19.8. The van der Waals surface area contributed by atoms with Gasteiger partial charge >= 0.3 is 0 Å². The van der Waals surface area contributed by atoms with Crippen LogP contribution in [-0.4, -0.2) is 13.2 Å². The molecule has 5 heteroatoms. The van der Waals surface area contributed by atoms with Crippen LogP contribution in [0.5, 0.6) is 11.5 Å². The van der Waals surface area contributed by atoms with Gasteiger partial charge in [0.2, 0.25) is 0 Å². The molecule has 0 heterocycles. The molecule has 3 rings (SSSR count). The fourth-order valence-corrected chi connectivity index (χ4v) is 4.66. The molecule has 166 valence electrons. The Morgan fingerprint density at radius 1 is 0.750 bits per heavy atom. The van der Waals surface area contributed by atoms with Crippen LogP contribution >= 0.6 is 34.8 Å². The topological polar surface area (TPSA) is 18.5 Å². The maximum absolute atomic E-state index is 6.66. The molecule has 1 unspecified atom stereocenters. The lowest BCUT2D eigenvalue weighted by Gasteiger charge is -2.33. The van der Waals surface area contributed by atoms with Crippen molar-refractivity contribution in [1.82, 2.24) is 0 Å². The summed E-state index contributed by atoms with van der Waals surface area (Å²) in [6.45, 7) is 12.2. The van der Waals surface area contributed by atoms with E-state index >= 15 is 0 Å². The van der Waals surface area contributed by atoms with Crippen molar-refractivity contribution in [1.29, 1.82) is 0 Å². The Hall–Kier alpha value is -2.39. The van der Waals surface area contributed by atoms with Gasteiger partial charge in [0.25, 0.3) is 0 Å². The quantitative estimate of drug-likeness (QED) is 0.223. The van der Waals surface area contributed by atoms with Crippen molar-refractivity contribution >= 4 is 34.8 Å². The van der Waals surface area contributed by atoms with Crippen LogP contribution in [0.15, 0.2) is 79.9 Å². The van der Waals surface area contributed by atoms with Crippen LogP contribution in [0.25, 0.3) is 0 Å². The van der Waals surface area contributed by atoms with Gasteiger partial charge in [0.1, 0.15) is 19.0 Å². The van der Waals surface area contributed by atoms with E-state index in [2.05, 4.69) is 38.3 Å². The first-order chi connectivity index (χ1) is 15.3. The monoisotopic (exact) mass is 486 g/mol. The lowest BCUT2D eigenvalue weighted by atomic mass is 9.71.